The molecule has 0 fully saturated rings. The molecule has 1 heterocycles. The first kappa shape index (κ1) is 14.8. The van der Waals surface area contributed by atoms with E-state index in [0.717, 1.165) is 21.7 Å². The van der Waals surface area contributed by atoms with Gasteiger partial charge in [-0.2, -0.15) is 0 Å². The molecule has 3 nitrogen and oxygen atoms in total. The average Bonchev–Trinajstić information content (AvgIpc) is 2.46. The third kappa shape index (κ3) is 4.51. The lowest BCUT2D eigenvalue weighted by molar-refractivity contribution is -0.109. The maximum absolute atomic E-state index is 11.8. The van der Waals surface area contributed by atoms with Crippen LogP contribution in [0.15, 0.2) is 58.6 Å². The van der Waals surface area contributed by atoms with Gasteiger partial charge in [0.2, 0.25) is 0 Å². The molecule has 1 aromatic carbocycles. The van der Waals surface area contributed by atoms with E-state index >= 15 is 0 Å². The fourth-order valence-electron chi connectivity index (χ4n) is 1.49. The van der Waals surface area contributed by atoms with Crippen molar-refractivity contribution in [2.75, 3.05) is 5.75 Å². The molecule has 102 valence electrons. The number of aromatic nitrogens is 1. The zero-order chi connectivity index (χ0) is 14.4. The number of thioether (sulfide) groups is 1. The number of hydrogen-bond donors (Lipinski definition) is 0. The van der Waals surface area contributed by atoms with Gasteiger partial charge in [0.1, 0.15) is 5.03 Å². The van der Waals surface area contributed by atoms with Crippen LogP contribution in [-0.4, -0.2) is 21.6 Å². The van der Waals surface area contributed by atoms with Crippen LogP contribution in [0.2, 0.25) is 0 Å². The predicted molar refractivity (Wildman–Crippen MR) is 82.3 cm³/mol. The van der Waals surface area contributed by atoms with Crippen molar-refractivity contribution in [2.45, 2.75) is 16.8 Å². The lowest BCUT2D eigenvalue weighted by Gasteiger charge is -2.03. The van der Waals surface area contributed by atoms with Gasteiger partial charge in [0.05, 0.1) is 5.75 Å². The first-order valence-electron chi connectivity index (χ1n) is 6.00. The molecule has 0 aliphatic heterocycles. The molecule has 20 heavy (non-hydrogen) atoms. The summed E-state index contributed by atoms with van der Waals surface area (Å²) in [6.07, 6.45) is 1.75. The van der Waals surface area contributed by atoms with E-state index in [1.54, 1.807) is 30.1 Å². The molecule has 0 aliphatic carbocycles. The molecule has 0 amide bonds. The summed E-state index contributed by atoms with van der Waals surface area (Å²) >= 11 is 2.58. The van der Waals surface area contributed by atoms with Crippen LogP contribution in [0.3, 0.4) is 0 Å². The highest BCUT2D eigenvalue weighted by atomic mass is 32.2. The van der Waals surface area contributed by atoms with E-state index in [0.29, 0.717) is 5.56 Å². The second-order valence-electron chi connectivity index (χ2n) is 4.00. The Labute approximate surface area is 126 Å². The normalized spacial score (nSPS) is 10.2. The third-order valence-corrected chi connectivity index (χ3v) is 4.21. The van der Waals surface area contributed by atoms with Crippen molar-refractivity contribution < 1.29 is 9.59 Å². The van der Waals surface area contributed by atoms with Crippen LogP contribution in [0.5, 0.6) is 0 Å². The Balaban J connectivity index is 1.99. The van der Waals surface area contributed by atoms with E-state index in [2.05, 4.69) is 4.98 Å². The Kier molecular flexibility index (Phi) is 5.38. The number of ketones is 1. The number of Topliss-reactive ketones (excluding diaryl/α,β-unsaturated/α-hetero) is 1. The molecule has 0 saturated heterocycles. The average molecular weight is 303 g/mol. The molecular formula is C15H13NO2S2. The maximum Gasteiger partial charge on any atom is 0.186 e. The monoisotopic (exact) mass is 303 g/mol. The van der Waals surface area contributed by atoms with Gasteiger partial charge in [0.15, 0.2) is 10.9 Å². The van der Waals surface area contributed by atoms with Crippen LogP contribution in [0.1, 0.15) is 17.3 Å². The van der Waals surface area contributed by atoms with Gasteiger partial charge in [-0.15, -0.1) is 0 Å². The topological polar surface area (TPSA) is 47.0 Å². The SMILES string of the molecule is CC(=O)SCC(=O)c1ccc(Sc2ccccn2)cc1. The Morgan fingerprint density at radius 2 is 1.85 bits per heavy atom. The van der Waals surface area contributed by atoms with E-state index in [-0.39, 0.29) is 16.7 Å². The highest BCUT2D eigenvalue weighted by Gasteiger charge is 2.08. The molecular weight excluding hydrogens is 290 g/mol. The number of pyridine rings is 1. The van der Waals surface area contributed by atoms with Crippen LogP contribution in [0, 0.1) is 0 Å². The van der Waals surface area contributed by atoms with Crippen molar-refractivity contribution in [3.63, 3.8) is 0 Å². The van der Waals surface area contributed by atoms with Gasteiger partial charge in [0, 0.05) is 23.6 Å². The minimum Gasteiger partial charge on any atom is -0.293 e. The van der Waals surface area contributed by atoms with Gasteiger partial charge in [0.25, 0.3) is 0 Å². The van der Waals surface area contributed by atoms with Crippen molar-refractivity contribution in [2.24, 2.45) is 0 Å². The zero-order valence-corrected chi connectivity index (χ0v) is 12.5. The lowest BCUT2D eigenvalue weighted by Crippen LogP contribution is -2.03. The van der Waals surface area contributed by atoms with E-state index in [1.165, 1.54) is 6.92 Å². The molecule has 0 spiro atoms. The first-order chi connectivity index (χ1) is 9.65. The standard InChI is InChI=1S/C15H13NO2S2/c1-11(17)19-10-14(18)12-5-7-13(8-6-12)20-15-4-2-3-9-16-15/h2-9H,10H2,1H3. The summed E-state index contributed by atoms with van der Waals surface area (Å²) in [6, 6.07) is 13.1. The van der Waals surface area contributed by atoms with Gasteiger partial charge in [-0.1, -0.05) is 41.7 Å². The van der Waals surface area contributed by atoms with Crippen LogP contribution in [0.25, 0.3) is 0 Å². The molecule has 0 aliphatic rings. The fraction of sp³-hybridized carbons (Fsp3) is 0.133. The maximum atomic E-state index is 11.8. The molecule has 1 aromatic heterocycles. The number of rotatable bonds is 5. The molecule has 0 unspecified atom stereocenters. The minimum absolute atomic E-state index is 0.0282. The highest BCUT2D eigenvalue weighted by molar-refractivity contribution is 8.14. The molecule has 2 rings (SSSR count). The molecule has 2 aromatic rings. The van der Waals surface area contributed by atoms with E-state index in [1.807, 2.05) is 30.3 Å². The summed E-state index contributed by atoms with van der Waals surface area (Å²) < 4.78 is 0. The molecule has 0 N–H and O–H groups in total. The van der Waals surface area contributed by atoms with Crippen molar-refractivity contribution >= 4 is 34.4 Å². The van der Waals surface area contributed by atoms with E-state index in [4.69, 9.17) is 0 Å². The van der Waals surface area contributed by atoms with Crippen LogP contribution in [0.4, 0.5) is 0 Å². The highest BCUT2D eigenvalue weighted by Crippen LogP contribution is 2.25. The van der Waals surface area contributed by atoms with E-state index in [9.17, 15) is 9.59 Å². The van der Waals surface area contributed by atoms with Gasteiger partial charge in [-0.05, 0) is 24.3 Å². The molecule has 0 bridgehead atoms. The van der Waals surface area contributed by atoms with Crippen molar-refractivity contribution in [3.05, 3.63) is 54.2 Å². The number of hydrogen-bond acceptors (Lipinski definition) is 5. The van der Waals surface area contributed by atoms with Crippen molar-refractivity contribution in [1.82, 2.24) is 4.98 Å². The predicted octanol–water partition coefficient (Wildman–Crippen LogP) is 3.70. The molecule has 0 radical (unpaired) electrons. The Morgan fingerprint density at radius 1 is 1.10 bits per heavy atom. The number of carbonyl (C=O) groups is 2. The second-order valence-corrected chi connectivity index (χ2v) is 6.24. The zero-order valence-electron chi connectivity index (χ0n) is 10.9. The van der Waals surface area contributed by atoms with Crippen molar-refractivity contribution in [3.8, 4) is 0 Å². The molecule has 5 heteroatoms. The molecule has 0 atom stereocenters. The number of nitrogens with zero attached hydrogens (tertiary/aromatic N) is 1. The number of benzene rings is 1. The van der Waals surface area contributed by atoms with Crippen LogP contribution >= 0.6 is 23.5 Å². The summed E-state index contributed by atoms with van der Waals surface area (Å²) in [7, 11) is 0. The quantitative estimate of drug-likeness (QED) is 0.788. The summed E-state index contributed by atoms with van der Waals surface area (Å²) in [6.45, 7) is 1.46. The lowest BCUT2D eigenvalue weighted by atomic mass is 10.1. The fourth-order valence-corrected chi connectivity index (χ4v) is 2.76. The van der Waals surface area contributed by atoms with Crippen LogP contribution in [-0.2, 0) is 4.79 Å². The summed E-state index contributed by atoms with van der Waals surface area (Å²) in [5, 5.41) is 0.874. The Morgan fingerprint density at radius 3 is 2.45 bits per heavy atom. The largest absolute Gasteiger partial charge is 0.293 e. The summed E-state index contributed by atoms with van der Waals surface area (Å²) in [4.78, 5) is 27.9. The summed E-state index contributed by atoms with van der Waals surface area (Å²) in [5.41, 5.74) is 0.629. The van der Waals surface area contributed by atoms with Gasteiger partial charge in [-0.25, -0.2) is 4.98 Å². The minimum atomic E-state index is -0.0410. The van der Waals surface area contributed by atoms with Gasteiger partial charge < -0.3 is 0 Å². The first-order valence-corrected chi connectivity index (χ1v) is 7.81. The van der Waals surface area contributed by atoms with Gasteiger partial charge >= 0.3 is 0 Å². The van der Waals surface area contributed by atoms with Gasteiger partial charge in [-0.3, -0.25) is 9.59 Å². The number of carbonyl (C=O) groups excluding carboxylic acids is 2. The summed E-state index contributed by atoms with van der Waals surface area (Å²) in [5.74, 6) is 0.168. The van der Waals surface area contributed by atoms with Crippen molar-refractivity contribution in [1.29, 1.82) is 0 Å². The van der Waals surface area contributed by atoms with E-state index < -0.39 is 0 Å². The second kappa shape index (κ2) is 7.26. The smallest absolute Gasteiger partial charge is 0.186 e. The Bertz CT molecular complexity index is 597. The van der Waals surface area contributed by atoms with Crippen LogP contribution < -0.4 is 0 Å². The molecule has 0 saturated carbocycles. The Hall–Kier alpha value is -1.59. The third-order valence-electron chi connectivity index (χ3n) is 2.44.